The van der Waals surface area contributed by atoms with Crippen LogP contribution in [0, 0.1) is 0 Å². The number of nitrogens with zero attached hydrogens (tertiary/aromatic N) is 1. The summed E-state index contributed by atoms with van der Waals surface area (Å²) in [5, 5.41) is 0.567. The van der Waals surface area contributed by atoms with E-state index in [4.69, 9.17) is 16.3 Å². The molecular formula is C18H20ClNO2S. The van der Waals surface area contributed by atoms with Crippen LogP contribution in [0.2, 0.25) is 5.02 Å². The standard InChI is InChI=1S/C18H20ClNO2S/c1-22-17-8-4-2-6-15(17)14-10-12-20(13-11-14)23(21)18-9-5-3-7-16(18)19/h2-9,14H,10-13H2,1H3. The lowest BCUT2D eigenvalue weighted by Crippen LogP contribution is -2.38. The monoisotopic (exact) mass is 349 g/mol. The van der Waals surface area contributed by atoms with Gasteiger partial charge in [-0.25, -0.2) is 0 Å². The smallest absolute Gasteiger partial charge is 0.192 e. The van der Waals surface area contributed by atoms with E-state index in [1.807, 2.05) is 40.7 Å². The summed E-state index contributed by atoms with van der Waals surface area (Å²) in [7, 11) is 1.71. The molecule has 5 heteroatoms. The zero-order valence-corrected chi connectivity index (χ0v) is 14.6. The topological polar surface area (TPSA) is 35.5 Å². The molecule has 1 fully saturated rings. The van der Waals surface area contributed by atoms with E-state index in [1.54, 1.807) is 13.2 Å². The zero-order chi connectivity index (χ0) is 16.2. The Hall–Kier alpha value is -1.20. The summed E-state index contributed by atoms with van der Waals surface area (Å²) in [4.78, 5) is 0.699. The van der Waals surface area contributed by atoms with Gasteiger partial charge in [0, 0.05) is 13.1 Å². The van der Waals surface area contributed by atoms with Gasteiger partial charge in [-0.15, -0.1) is 4.31 Å². The maximum Gasteiger partial charge on any atom is 0.192 e. The van der Waals surface area contributed by atoms with Crippen molar-refractivity contribution in [3.8, 4) is 5.75 Å². The molecule has 1 heterocycles. The quantitative estimate of drug-likeness (QED) is 0.774. The first kappa shape index (κ1) is 16.7. The van der Waals surface area contributed by atoms with E-state index in [9.17, 15) is 4.55 Å². The lowest BCUT2D eigenvalue weighted by Gasteiger charge is -2.32. The highest BCUT2D eigenvalue weighted by Crippen LogP contribution is 2.36. The lowest BCUT2D eigenvalue weighted by atomic mass is 9.89. The number of methoxy groups -OCH3 is 1. The van der Waals surface area contributed by atoms with Crippen LogP contribution < -0.4 is 4.74 Å². The average Bonchev–Trinajstić information content (AvgIpc) is 2.61. The van der Waals surface area contributed by atoms with Gasteiger partial charge in [0.25, 0.3) is 0 Å². The third kappa shape index (κ3) is 3.66. The number of rotatable bonds is 4. The highest BCUT2D eigenvalue weighted by Gasteiger charge is 2.31. The van der Waals surface area contributed by atoms with Gasteiger partial charge in [-0.1, -0.05) is 41.9 Å². The van der Waals surface area contributed by atoms with Crippen molar-refractivity contribution in [1.82, 2.24) is 4.31 Å². The fourth-order valence-electron chi connectivity index (χ4n) is 3.06. The number of hydrogen-bond donors (Lipinski definition) is 0. The first-order valence-electron chi connectivity index (χ1n) is 7.75. The Morgan fingerprint density at radius 1 is 1.09 bits per heavy atom. The van der Waals surface area contributed by atoms with E-state index in [1.165, 1.54) is 5.56 Å². The Labute approximate surface area is 145 Å². The van der Waals surface area contributed by atoms with Crippen molar-refractivity contribution in [3.63, 3.8) is 0 Å². The summed E-state index contributed by atoms with van der Waals surface area (Å²) in [5.74, 6) is 1.39. The fraction of sp³-hybridized carbons (Fsp3) is 0.333. The van der Waals surface area contributed by atoms with Crippen molar-refractivity contribution in [3.05, 3.63) is 59.1 Å². The Kier molecular flexibility index (Phi) is 5.49. The summed E-state index contributed by atoms with van der Waals surface area (Å²) >= 11 is 4.98. The van der Waals surface area contributed by atoms with Gasteiger partial charge >= 0.3 is 0 Å². The molecule has 0 amide bonds. The number of halogens is 1. The molecule has 0 N–H and O–H groups in total. The van der Waals surface area contributed by atoms with Crippen molar-refractivity contribution in [2.45, 2.75) is 23.7 Å². The third-order valence-electron chi connectivity index (χ3n) is 4.29. The van der Waals surface area contributed by atoms with Crippen LogP contribution in [-0.4, -0.2) is 29.1 Å². The van der Waals surface area contributed by atoms with E-state index in [2.05, 4.69) is 6.07 Å². The molecule has 0 aromatic heterocycles. The molecule has 0 aliphatic carbocycles. The van der Waals surface area contributed by atoms with E-state index < -0.39 is 11.4 Å². The normalized spacial score (nSPS) is 17.9. The van der Waals surface area contributed by atoms with Crippen molar-refractivity contribution in [1.29, 1.82) is 0 Å². The minimum atomic E-state index is -1.19. The molecule has 122 valence electrons. The SMILES string of the molecule is COc1ccccc1C1CCN([S+]([O-])c2ccccc2Cl)CC1. The summed E-state index contributed by atoms with van der Waals surface area (Å²) in [6.45, 7) is 1.58. The highest BCUT2D eigenvalue weighted by molar-refractivity contribution is 7.89. The van der Waals surface area contributed by atoms with Crippen LogP contribution in [0.15, 0.2) is 53.4 Å². The molecule has 0 radical (unpaired) electrons. The predicted molar refractivity (Wildman–Crippen MR) is 94.4 cm³/mol. The van der Waals surface area contributed by atoms with Crippen LogP contribution in [0.5, 0.6) is 5.75 Å². The second-order valence-electron chi connectivity index (χ2n) is 5.62. The van der Waals surface area contributed by atoms with Crippen molar-refractivity contribution >= 4 is 23.0 Å². The molecule has 23 heavy (non-hydrogen) atoms. The zero-order valence-electron chi connectivity index (χ0n) is 13.1. The molecule has 1 aliphatic heterocycles. The van der Waals surface area contributed by atoms with Crippen LogP contribution in [0.1, 0.15) is 24.3 Å². The summed E-state index contributed by atoms with van der Waals surface area (Å²) < 4.78 is 20.2. The van der Waals surface area contributed by atoms with E-state index in [0.717, 1.165) is 31.7 Å². The molecule has 0 bridgehead atoms. The molecule has 3 nitrogen and oxygen atoms in total. The van der Waals surface area contributed by atoms with E-state index in [0.29, 0.717) is 15.8 Å². The first-order chi connectivity index (χ1) is 11.2. The molecule has 2 aromatic carbocycles. The van der Waals surface area contributed by atoms with Crippen molar-refractivity contribution in [2.24, 2.45) is 0 Å². The third-order valence-corrected chi connectivity index (χ3v) is 6.30. The van der Waals surface area contributed by atoms with Gasteiger partial charge in [0.1, 0.15) is 5.75 Å². The molecule has 1 aliphatic rings. The van der Waals surface area contributed by atoms with Crippen LogP contribution in [-0.2, 0) is 11.4 Å². The second-order valence-corrected chi connectivity index (χ2v) is 7.49. The average molecular weight is 350 g/mol. The number of ether oxygens (including phenoxy) is 1. The van der Waals surface area contributed by atoms with Crippen molar-refractivity contribution in [2.75, 3.05) is 20.2 Å². The van der Waals surface area contributed by atoms with E-state index in [-0.39, 0.29) is 0 Å². The molecule has 0 spiro atoms. The van der Waals surface area contributed by atoms with E-state index >= 15 is 0 Å². The van der Waals surface area contributed by atoms with Gasteiger partial charge in [0.15, 0.2) is 4.90 Å². The van der Waals surface area contributed by atoms with Gasteiger partial charge in [0.2, 0.25) is 0 Å². The molecule has 1 saturated heterocycles. The first-order valence-corrected chi connectivity index (χ1v) is 9.23. The largest absolute Gasteiger partial charge is 0.593 e. The highest BCUT2D eigenvalue weighted by atomic mass is 35.5. The van der Waals surface area contributed by atoms with Gasteiger partial charge < -0.3 is 9.29 Å². The van der Waals surface area contributed by atoms with Gasteiger partial charge in [-0.3, -0.25) is 0 Å². The lowest BCUT2D eigenvalue weighted by molar-refractivity contribution is 0.313. The summed E-state index contributed by atoms with van der Waals surface area (Å²) in [5.41, 5.74) is 1.25. The van der Waals surface area contributed by atoms with Gasteiger partial charge in [-0.05, 0) is 42.5 Å². The molecule has 3 rings (SSSR count). The molecule has 0 saturated carbocycles. The summed E-state index contributed by atoms with van der Waals surface area (Å²) in [6, 6.07) is 15.5. The van der Waals surface area contributed by atoms with Gasteiger partial charge in [0.05, 0.1) is 23.5 Å². The molecule has 2 aromatic rings. The molecule has 1 atom stereocenters. The predicted octanol–water partition coefficient (Wildman–Crippen LogP) is 4.25. The van der Waals surface area contributed by atoms with Crippen LogP contribution in [0.25, 0.3) is 0 Å². The number of piperidine rings is 1. The Balaban J connectivity index is 1.68. The molecule has 1 unspecified atom stereocenters. The van der Waals surface area contributed by atoms with Crippen molar-refractivity contribution < 1.29 is 9.29 Å². The fourth-order valence-corrected chi connectivity index (χ4v) is 4.65. The minimum Gasteiger partial charge on any atom is -0.593 e. The second kappa shape index (κ2) is 7.58. The van der Waals surface area contributed by atoms with Gasteiger partial charge in [-0.2, -0.15) is 0 Å². The Morgan fingerprint density at radius 3 is 2.43 bits per heavy atom. The number of benzene rings is 2. The van der Waals surface area contributed by atoms with Crippen LogP contribution in [0.4, 0.5) is 0 Å². The Bertz CT molecular complexity index is 659. The summed E-state index contributed by atoms with van der Waals surface area (Å²) in [6.07, 6.45) is 1.94. The number of para-hydroxylation sites is 1. The molecular weight excluding hydrogens is 330 g/mol. The number of hydrogen-bond acceptors (Lipinski definition) is 3. The maximum absolute atomic E-state index is 12.7. The maximum atomic E-state index is 12.7. The Morgan fingerprint density at radius 2 is 1.74 bits per heavy atom. The van der Waals surface area contributed by atoms with Crippen LogP contribution >= 0.6 is 11.6 Å². The minimum absolute atomic E-state index is 0.450. The van der Waals surface area contributed by atoms with Crippen LogP contribution in [0.3, 0.4) is 0 Å².